The van der Waals surface area contributed by atoms with E-state index >= 15 is 0 Å². The molecule has 8 heteroatoms. The molecule has 2 aromatic heterocycles. The number of morpholine rings is 1. The van der Waals surface area contributed by atoms with Crippen molar-refractivity contribution in [1.82, 2.24) is 19.9 Å². The lowest BCUT2D eigenvalue weighted by Crippen LogP contribution is -2.44. The summed E-state index contributed by atoms with van der Waals surface area (Å²) >= 11 is 0. The number of nitrogens with zero attached hydrogens (tertiary/aromatic N) is 4. The Bertz CT molecular complexity index is 738. The summed E-state index contributed by atoms with van der Waals surface area (Å²) in [6, 6.07) is 5.08. The fourth-order valence-electron chi connectivity index (χ4n) is 2.73. The van der Waals surface area contributed by atoms with Crippen molar-refractivity contribution in [3.05, 3.63) is 47.7 Å². The molecule has 138 valence electrons. The molecule has 1 saturated heterocycles. The van der Waals surface area contributed by atoms with Crippen LogP contribution in [0, 0.1) is 6.92 Å². The summed E-state index contributed by atoms with van der Waals surface area (Å²) in [6.45, 7) is 4.46. The van der Waals surface area contributed by atoms with Crippen LogP contribution >= 0.6 is 0 Å². The van der Waals surface area contributed by atoms with Gasteiger partial charge in [0.1, 0.15) is 11.9 Å². The summed E-state index contributed by atoms with van der Waals surface area (Å²) in [4.78, 5) is 27.8. The predicted molar refractivity (Wildman–Crippen MR) is 96.0 cm³/mol. The van der Waals surface area contributed by atoms with E-state index in [2.05, 4.69) is 20.3 Å². The zero-order valence-electron chi connectivity index (χ0n) is 15.0. The molecular formula is C18H23N5O3. The summed E-state index contributed by atoms with van der Waals surface area (Å²) in [5, 5.41) is 3.18. The molecular weight excluding hydrogens is 334 g/mol. The number of aromatic nitrogens is 3. The van der Waals surface area contributed by atoms with Gasteiger partial charge >= 0.3 is 0 Å². The van der Waals surface area contributed by atoms with Gasteiger partial charge in [-0.15, -0.1) is 0 Å². The number of rotatable bonds is 6. The van der Waals surface area contributed by atoms with Crippen molar-refractivity contribution in [3.63, 3.8) is 0 Å². The molecule has 0 spiro atoms. The van der Waals surface area contributed by atoms with Gasteiger partial charge in [0.05, 0.1) is 25.4 Å². The van der Waals surface area contributed by atoms with Crippen molar-refractivity contribution in [3.8, 4) is 0 Å². The smallest absolute Gasteiger partial charge is 0.256 e. The molecule has 0 unspecified atom stereocenters. The van der Waals surface area contributed by atoms with Crippen molar-refractivity contribution in [1.29, 1.82) is 0 Å². The van der Waals surface area contributed by atoms with E-state index in [0.29, 0.717) is 50.1 Å². The number of nitrogens with one attached hydrogen (secondary N) is 1. The van der Waals surface area contributed by atoms with Gasteiger partial charge in [-0.2, -0.15) is 0 Å². The highest BCUT2D eigenvalue weighted by molar-refractivity contribution is 5.94. The Labute approximate surface area is 152 Å². The first-order valence-electron chi connectivity index (χ1n) is 8.56. The van der Waals surface area contributed by atoms with Crippen LogP contribution in [0.15, 0.2) is 30.6 Å². The number of hydrogen-bond acceptors (Lipinski definition) is 7. The van der Waals surface area contributed by atoms with Gasteiger partial charge in [0.15, 0.2) is 5.82 Å². The summed E-state index contributed by atoms with van der Waals surface area (Å²) in [6.07, 6.45) is 3.29. The fourth-order valence-corrected chi connectivity index (χ4v) is 2.73. The predicted octanol–water partition coefficient (Wildman–Crippen LogP) is 1.45. The van der Waals surface area contributed by atoms with Crippen LogP contribution in [0.2, 0.25) is 0 Å². The van der Waals surface area contributed by atoms with Crippen LogP contribution in [0.5, 0.6) is 0 Å². The van der Waals surface area contributed by atoms with Crippen LogP contribution in [-0.4, -0.2) is 65.8 Å². The normalized spacial score (nSPS) is 17.2. The molecule has 8 nitrogen and oxygen atoms in total. The molecule has 0 radical (unpaired) electrons. The highest BCUT2D eigenvalue weighted by Crippen LogP contribution is 2.24. The first-order valence-corrected chi connectivity index (χ1v) is 8.56. The Morgan fingerprint density at radius 3 is 3.04 bits per heavy atom. The monoisotopic (exact) mass is 357 g/mol. The lowest BCUT2D eigenvalue weighted by molar-refractivity contribution is -0.00521. The van der Waals surface area contributed by atoms with E-state index in [-0.39, 0.29) is 11.9 Å². The molecule has 0 saturated carbocycles. The lowest BCUT2D eigenvalue weighted by atomic mass is 10.1. The van der Waals surface area contributed by atoms with Crippen LogP contribution in [0.25, 0.3) is 0 Å². The fraction of sp³-hybridized carbons (Fsp3) is 0.444. The van der Waals surface area contributed by atoms with Crippen LogP contribution in [0.1, 0.15) is 27.9 Å². The zero-order chi connectivity index (χ0) is 18.4. The van der Waals surface area contributed by atoms with Crippen molar-refractivity contribution in [2.24, 2.45) is 0 Å². The standard InChI is InChI=1S/C18H23N5O3/c1-13-3-4-14(11-21-13)18(24)23-8-10-26-12-15(23)17-20-6-5-16(22-17)19-7-9-25-2/h3-6,11,15H,7-10,12H2,1-2H3,(H,19,20,22)/t15-/m0/s1. The molecule has 3 heterocycles. The molecule has 2 aromatic rings. The molecule has 3 rings (SSSR count). The number of ether oxygens (including phenoxy) is 2. The van der Waals surface area contributed by atoms with Gasteiger partial charge in [0.2, 0.25) is 0 Å². The van der Waals surface area contributed by atoms with Crippen LogP contribution in [0.4, 0.5) is 5.82 Å². The Morgan fingerprint density at radius 2 is 2.27 bits per heavy atom. The van der Waals surface area contributed by atoms with E-state index in [1.165, 1.54) is 0 Å². The number of anilines is 1. The SMILES string of the molecule is COCCNc1ccnc([C@@H]2COCCN2C(=O)c2ccc(C)nc2)n1. The third-order valence-corrected chi connectivity index (χ3v) is 4.13. The van der Waals surface area contributed by atoms with Crippen LogP contribution in [0.3, 0.4) is 0 Å². The second-order valence-electron chi connectivity index (χ2n) is 6.00. The number of methoxy groups -OCH3 is 1. The van der Waals surface area contributed by atoms with E-state index in [0.717, 1.165) is 5.69 Å². The number of carbonyl (C=O) groups is 1. The largest absolute Gasteiger partial charge is 0.383 e. The van der Waals surface area contributed by atoms with E-state index in [9.17, 15) is 4.79 Å². The van der Waals surface area contributed by atoms with Gasteiger partial charge < -0.3 is 19.7 Å². The van der Waals surface area contributed by atoms with E-state index in [1.54, 1.807) is 36.5 Å². The molecule has 1 aliphatic heterocycles. The van der Waals surface area contributed by atoms with Gasteiger partial charge in [-0.25, -0.2) is 9.97 Å². The minimum Gasteiger partial charge on any atom is -0.383 e. The molecule has 0 bridgehead atoms. The maximum atomic E-state index is 12.9. The average molecular weight is 357 g/mol. The maximum Gasteiger partial charge on any atom is 0.256 e. The molecule has 26 heavy (non-hydrogen) atoms. The van der Waals surface area contributed by atoms with Crippen LogP contribution < -0.4 is 5.32 Å². The second-order valence-corrected chi connectivity index (χ2v) is 6.00. The maximum absolute atomic E-state index is 12.9. The summed E-state index contributed by atoms with van der Waals surface area (Å²) < 4.78 is 10.6. The summed E-state index contributed by atoms with van der Waals surface area (Å²) in [5.74, 6) is 1.16. The van der Waals surface area contributed by atoms with Crippen molar-refractivity contribution in [2.45, 2.75) is 13.0 Å². The third kappa shape index (κ3) is 4.33. The van der Waals surface area contributed by atoms with Gasteiger partial charge in [-0.05, 0) is 25.1 Å². The van der Waals surface area contributed by atoms with Crippen molar-refractivity contribution in [2.75, 3.05) is 45.3 Å². The number of aryl methyl sites for hydroxylation is 1. The average Bonchev–Trinajstić information content (AvgIpc) is 2.68. The number of pyridine rings is 1. The summed E-state index contributed by atoms with van der Waals surface area (Å²) in [7, 11) is 1.65. The van der Waals surface area contributed by atoms with Gasteiger partial charge in [-0.1, -0.05) is 0 Å². The molecule has 0 aliphatic carbocycles. The number of hydrogen-bond donors (Lipinski definition) is 1. The number of amides is 1. The van der Waals surface area contributed by atoms with Crippen molar-refractivity contribution >= 4 is 11.7 Å². The zero-order valence-corrected chi connectivity index (χ0v) is 15.0. The molecule has 1 aliphatic rings. The van der Waals surface area contributed by atoms with Gasteiger partial charge in [0.25, 0.3) is 5.91 Å². The Hall–Kier alpha value is -2.58. The van der Waals surface area contributed by atoms with E-state index in [4.69, 9.17) is 9.47 Å². The Morgan fingerprint density at radius 1 is 1.38 bits per heavy atom. The minimum absolute atomic E-state index is 0.0906. The molecule has 0 aromatic carbocycles. The third-order valence-electron chi connectivity index (χ3n) is 4.13. The molecule has 1 N–H and O–H groups in total. The molecule has 1 amide bonds. The van der Waals surface area contributed by atoms with Crippen LogP contribution in [-0.2, 0) is 9.47 Å². The highest BCUT2D eigenvalue weighted by Gasteiger charge is 2.31. The van der Waals surface area contributed by atoms with E-state index in [1.807, 2.05) is 13.0 Å². The first-order chi connectivity index (χ1) is 12.7. The topological polar surface area (TPSA) is 89.5 Å². The number of carbonyl (C=O) groups excluding carboxylic acids is 1. The van der Waals surface area contributed by atoms with Crippen molar-refractivity contribution < 1.29 is 14.3 Å². The van der Waals surface area contributed by atoms with E-state index < -0.39 is 0 Å². The van der Waals surface area contributed by atoms with Gasteiger partial charge in [-0.3, -0.25) is 9.78 Å². The second kappa shape index (κ2) is 8.68. The molecule has 1 atom stereocenters. The Balaban J connectivity index is 1.79. The lowest BCUT2D eigenvalue weighted by Gasteiger charge is -2.34. The quantitative estimate of drug-likeness (QED) is 0.783. The molecule has 1 fully saturated rings. The minimum atomic E-state index is -0.332. The van der Waals surface area contributed by atoms with Gasteiger partial charge in [0, 0.05) is 38.3 Å². The Kier molecular flexibility index (Phi) is 6.08. The summed E-state index contributed by atoms with van der Waals surface area (Å²) in [5.41, 5.74) is 1.43. The highest BCUT2D eigenvalue weighted by atomic mass is 16.5. The first kappa shape index (κ1) is 18.2.